The molecule has 0 aliphatic heterocycles. The van der Waals surface area contributed by atoms with Gasteiger partial charge in [0.2, 0.25) is 0 Å². The lowest BCUT2D eigenvalue weighted by Crippen LogP contribution is -2.27. The SMILES string of the molecule is C=C(C)n1c(=O)n(C/C(=N/O)c2ccccc2F)c2ccccc21. The van der Waals surface area contributed by atoms with E-state index in [2.05, 4.69) is 11.7 Å². The molecule has 0 spiro atoms. The van der Waals surface area contributed by atoms with Gasteiger partial charge in [0.05, 0.1) is 17.6 Å². The third kappa shape index (κ3) is 2.52. The summed E-state index contributed by atoms with van der Waals surface area (Å²) >= 11 is 0. The van der Waals surface area contributed by atoms with Gasteiger partial charge in [-0.2, -0.15) is 0 Å². The summed E-state index contributed by atoms with van der Waals surface area (Å²) in [5.74, 6) is -0.512. The molecule has 3 aromatic rings. The Morgan fingerprint density at radius 3 is 2.42 bits per heavy atom. The normalized spacial score (nSPS) is 11.8. The molecule has 1 N–H and O–H groups in total. The van der Waals surface area contributed by atoms with E-state index in [4.69, 9.17) is 0 Å². The maximum absolute atomic E-state index is 14.0. The van der Waals surface area contributed by atoms with Crippen LogP contribution in [0.1, 0.15) is 12.5 Å². The fourth-order valence-electron chi connectivity index (χ4n) is 2.75. The quantitative estimate of drug-likeness (QED) is 0.454. The molecule has 0 aliphatic carbocycles. The average Bonchev–Trinajstić information content (AvgIpc) is 2.85. The van der Waals surface area contributed by atoms with Gasteiger partial charge < -0.3 is 5.21 Å². The van der Waals surface area contributed by atoms with Crippen molar-refractivity contribution in [2.45, 2.75) is 13.5 Å². The maximum atomic E-state index is 14.0. The summed E-state index contributed by atoms with van der Waals surface area (Å²) in [5.41, 5.74) is 1.83. The predicted molar refractivity (Wildman–Crippen MR) is 91.9 cm³/mol. The number of benzene rings is 2. The summed E-state index contributed by atoms with van der Waals surface area (Å²) in [7, 11) is 0. The Kier molecular flexibility index (Phi) is 4.04. The molecule has 24 heavy (non-hydrogen) atoms. The van der Waals surface area contributed by atoms with Crippen LogP contribution in [0.15, 0.2) is 65.1 Å². The van der Waals surface area contributed by atoms with E-state index in [0.717, 1.165) is 0 Å². The Labute approximate surface area is 137 Å². The largest absolute Gasteiger partial charge is 0.411 e. The minimum absolute atomic E-state index is 0.0585. The van der Waals surface area contributed by atoms with Crippen LogP contribution in [0.3, 0.4) is 0 Å². The van der Waals surface area contributed by atoms with Crippen LogP contribution in [-0.4, -0.2) is 20.1 Å². The Bertz CT molecular complexity index is 1010. The number of hydrogen-bond acceptors (Lipinski definition) is 3. The molecule has 0 fully saturated rings. The maximum Gasteiger partial charge on any atom is 0.333 e. The van der Waals surface area contributed by atoms with Crippen molar-refractivity contribution in [3.05, 3.63) is 77.0 Å². The highest BCUT2D eigenvalue weighted by molar-refractivity contribution is 6.00. The van der Waals surface area contributed by atoms with Crippen molar-refractivity contribution in [1.82, 2.24) is 9.13 Å². The van der Waals surface area contributed by atoms with E-state index >= 15 is 0 Å². The van der Waals surface area contributed by atoms with Crippen molar-refractivity contribution in [3.8, 4) is 0 Å². The fraction of sp³-hybridized carbons (Fsp3) is 0.111. The van der Waals surface area contributed by atoms with E-state index in [-0.39, 0.29) is 23.5 Å². The first-order valence-corrected chi connectivity index (χ1v) is 7.36. The van der Waals surface area contributed by atoms with Gasteiger partial charge in [-0.15, -0.1) is 0 Å². The average molecular weight is 325 g/mol. The molecule has 1 aromatic heterocycles. The zero-order chi connectivity index (χ0) is 17.3. The van der Waals surface area contributed by atoms with Crippen molar-refractivity contribution in [1.29, 1.82) is 0 Å². The lowest BCUT2D eigenvalue weighted by atomic mass is 10.1. The summed E-state index contributed by atoms with van der Waals surface area (Å²) < 4.78 is 16.9. The molecule has 0 saturated heterocycles. The second-order valence-corrected chi connectivity index (χ2v) is 5.45. The van der Waals surface area contributed by atoms with E-state index in [1.165, 1.54) is 21.3 Å². The number of nitrogens with zero attached hydrogens (tertiary/aromatic N) is 3. The Morgan fingerprint density at radius 2 is 1.79 bits per heavy atom. The van der Waals surface area contributed by atoms with Gasteiger partial charge in [0.1, 0.15) is 11.5 Å². The first kappa shape index (κ1) is 15.7. The van der Waals surface area contributed by atoms with Gasteiger partial charge in [-0.05, 0) is 25.1 Å². The Balaban J connectivity index is 2.17. The highest BCUT2D eigenvalue weighted by atomic mass is 19.1. The zero-order valence-electron chi connectivity index (χ0n) is 13.1. The van der Waals surface area contributed by atoms with Crippen LogP contribution in [0.4, 0.5) is 4.39 Å². The van der Waals surface area contributed by atoms with Crippen LogP contribution >= 0.6 is 0 Å². The van der Waals surface area contributed by atoms with Gasteiger partial charge in [0.15, 0.2) is 0 Å². The first-order valence-electron chi connectivity index (χ1n) is 7.36. The second-order valence-electron chi connectivity index (χ2n) is 5.45. The van der Waals surface area contributed by atoms with Gasteiger partial charge >= 0.3 is 5.69 Å². The van der Waals surface area contributed by atoms with Gasteiger partial charge in [0, 0.05) is 11.3 Å². The molecule has 5 nitrogen and oxygen atoms in total. The Hall–Kier alpha value is -3.15. The topological polar surface area (TPSA) is 59.5 Å². The lowest BCUT2D eigenvalue weighted by Gasteiger charge is -2.07. The molecule has 3 rings (SSSR count). The number of allylic oxidation sites excluding steroid dienone is 1. The molecule has 0 saturated carbocycles. The minimum atomic E-state index is -0.512. The van der Waals surface area contributed by atoms with Gasteiger partial charge in [0.25, 0.3) is 0 Å². The summed E-state index contributed by atoms with van der Waals surface area (Å²) in [6, 6.07) is 13.2. The van der Waals surface area contributed by atoms with Crippen molar-refractivity contribution in [2.75, 3.05) is 0 Å². The number of rotatable bonds is 4. The molecule has 0 atom stereocenters. The van der Waals surface area contributed by atoms with Crippen LogP contribution in [0.2, 0.25) is 0 Å². The second kappa shape index (κ2) is 6.16. The minimum Gasteiger partial charge on any atom is -0.411 e. The molecule has 0 amide bonds. The van der Waals surface area contributed by atoms with E-state index in [1.54, 1.807) is 37.3 Å². The fourth-order valence-corrected chi connectivity index (χ4v) is 2.75. The molecule has 2 aromatic carbocycles. The number of aromatic nitrogens is 2. The smallest absolute Gasteiger partial charge is 0.333 e. The number of halogens is 1. The zero-order valence-corrected chi connectivity index (χ0v) is 13.1. The monoisotopic (exact) mass is 325 g/mol. The summed E-state index contributed by atoms with van der Waals surface area (Å²) in [4.78, 5) is 12.7. The van der Waals surface area contributed by atoms with Crippen LogP contribution < -0.4 is 5.69 Å². The highest BCUT2D eigenvalue weighted by Crippen LogP contribution is 2.17. The van der Waals surface area contributed by atoms with Crippen LogP contribution in [0.5, 0.6) is 0 Å². The highest BCUT2D eigenvalue weighted by Gasteiger charge is 2.17. The lowest BCUT2D eigenvalue weighted by molar-refractivity contribution is 0.317. The van der Waals surface area contributed by atoms with Gasteiger partial charge in [-0.3, -0.25) is 9.13 Å². The molecule has 0 bridgehead atoms. The predicted octanol–water partition coefficient (Wildman–Crippen LogP) is 3.31. The Morgan fingerprint density at radius 1 is 1.17 bits per heavy atom. The number of fused-ring (bicyclic) bond motifs is 1. The number of imidazole rings is 1. The third-order valence-corrected chi connectivity index (χ3v) is 3.83. The molecule has 6 heteroatoms. The standard InChI is InChI=1S/C18H16FN3O2/c1-12(2)22-17-10-6-5-9-16(17)21(18(22)23)11-15(20-24)13-7-3-4-8-14(13)19/h3-10,24H,1,11H2,2H3/b20-15-. The molecule has 0 unspecified atom stereocenters. The van der Waals surface area contributed by atoms with E-state index < -0.39 is 5.82 Å². The molecular weight excluding hydrogens is 309 g/mol. The van der Waals surface area contributed by atoms with Crippen molar-refractivity contribution in [2.24, 2.45) is 5.16 Å². The summed E-state index contributed by atoms with van der Waals surface area (Å²) in [5, 5.41) is 12.5. The number of oxime groups is 1. The van der Waals surface area contributed by atoms with Crippen molar-refractivity contribution in [3.63, 3.8) is 0 Å². The van der Waals surface area contributed by atoms with Gasteiger partial charge in [-0.25, -0.2) is 9.18 Å². The van der Waals surface area contributed by atoms with Crippen molar-refractivity contribution >= 4 is 22.4 Å². The van der Waals surface area contributed by atoms with Crippen LogP contribution in [0.25, 0.3) is 16.7 Å². The van der Waals surface area contributed by atoms with Crippen molar-refractivity contribution < 1.29 is 9.60 Å². The first-order chi connectivity index (χ1) is 11.5. The molecule has 122 valence electrons. The molecular formula is C18H16FN3O2. The molecule has 1 heterocycles. The van der Waals surface area contributed by atoms with Crippen LogP contribution in [-0.2, 0) is 6.54 Å². The third-order valence-electron chi connectivity index (χ3n) is 3.83. The number of para-hydroxylation sites is 2. The number of hydrogen-bond donors (Lipinski definition) is 1. The molecule has 0 aliphatic rings. The summed E-state index contributed by atoms with van der Waals surface area (Å²) in [6.07, 6.45) is 0. The van der Waals surface area contributed by atoms with E-state index in [1.807, 2.05) is 6.07 Å². The van der Waals surface area contributed by atoms with E-state index in [0.29, 0.717) is 16.7 Å². The molecule has 0 radical (unpaired) electrons. The van der Waals surface area contributed by atoms with Crippen LogP contribution in [0, 0.1) is 5.82 Å². The van der Waals surface area contributed by atoms with E-state index in [9.17, 15) is 14.4 Å². The summed E-state index contributed by atoms with van der Waals surface area (Å²) in [6.45, 7) is 5.51. The van der Waals surface area contributed by atoms with Gasteiger partial charge in [-0.1, -0.05) is 42.1 Å².